The van der Waals surface area contributed by atoms with Gasteiger partial charge < -0.3 is 35.8 Å². The predicted molar refractivity (Wildman–Crippen MR) is 130 cm³/mol. The SMILES string of the molecule is CC(=O)N[C@@H](CCCCN/C=C(\C=O)c1cnc2c3ncn([C@@H]4O[C@H](CO)[C@@H](O)[C@H]4O)c3ncn12)C(=O)O. The number of carboxylic acids is 1. The lowest BCUT2D eigenvalue weighted by Gasteiger charge is -2.16. The molecular formula is C23H29N7O8. The molecule has 0 saturated carbocycles. The van der Waals surface area contributed by atoms with E-state index < -0.39 is 49.1 Å². The summed E-state index contributed by atoms with van der Waals surface area (Å²) in [6, 6.07) is -0.941. The Balaban J connectivity index is 1.45. The zero-order valence-electron chi connectivity index (χ0n) is 20.5. The average molecular weight is 532 g/mol. The third kappa shape index (κ3) is 5.35. The Morgan fingerprint density at radius 3 is 2.61 bits per heavy atom. The molecule has 1 aliphatic heterocycles. The highest BCUT2D eigenvalue weighted by molar-refractivity contribution is 6.06. The molecule has 1 aliphatic rings. The molecule has 0 aromatic carbocycles. The number of unbranched alkanes of at least 4 members (excludes halogenated alkanes) is 1. The molecule has 1 saturated heterocycles. The molecule has 15 heteroatoms. The maximum Gasteiger partial charge on any atom is 0.326 e. The molecule has 38 heavy (non-hydrogen) atoms. The monoisotopic (exact) mass is 531 g/mol. The van der Waals surface area contributed by atoms with Crippen molar-refractivity contribution >= 4 is 40.5 Å². The van der Waals surface area contributed by atoms with E-state index in [0.29, 0.717) is 53.8 Å². The minimum atomic E-state index is -1.30. The Bertz CT molecular complexity index is 1350. The lowest BCUT2D eigenvalue weighted by atomic mass is 10.1. The third-order valence-electron chi connectivity index (χ3n) is 6.28. The second kappa shape index (κ2) is 11.6. The van der Waals surface area contributed by atoms with Crippen molar-refractivity contribution in [2.75, 3.05) is 13.2 Å². The van der Waals surface area contributed by atoms with Crippen LogP contribution in [0.4, 0.5) is 0 Å². The Labute approximate surface area is 215 Å². The third-order valence-corrected chi connectivity index (χ3v) is 6.28. The van der Waals surface area contributed by atoms with Gasteiger partial charge in [-0.15, -0.1) is 0 Å². The van der Waals surface area contributed by atoms with E-state index in [1.165, 1.54) is 36.5 Å². The number of fused-ring (bicyclic) bond motifs is 3. The van der Waals surface area contributed by atoms with Crippen LogP contribution < -0.4 is 10.6 Å². The van der Waals surface area contributed by atoms with E-state index in [9.17, 15) is 29.7 Å². The van der Waals surface area contributed by atoms with Gasteiger partial charge in [0.15, 0.2) is 29.3 Å². The Morgan fingerprint density at radius 2 is 1.95 bits per heavy atom. The van der Waals surface area contributed by atoms with Crippen LogP contribution in [-0.4, -0.2) is 100 Å². The number of aliphatic hydroxyl groups excluding tert-OH is 3. The van der Waals surface area contributed by atoms with Gasteiger partial charge >= 0.3 is 5.97 Å². The number of carbonyl (C=O) groups excluding carboxylic acids is 2. The summed E-state index contributed by atoms with van der Waals surface area (Å²) in [7, 11) is 0. The molecule has 6 N–H and O–H groups in total. The highest BCUT2D eigenvalue weighted by atomic mass is 16.6. The fraction of sp³-hybridized carbons (Fsp3) is 0.478. The van der Waals surface area contributed by atoms with Crippen LogP contribution in [-0.2, 0) is 19.1 Å². The number of ether oxygens (including phenoxy) is 1. The molecule has 0 bridgehead atoms. The summed E-state index contributed by atoms with van der Waals surface area (Å²) in [4.78, 5) is 47.2. The fourth-order valence-electron chi connectivity index (χ4n) is 4.34. The van der Waals surface area contributed by atoms with E-state index in [1.807, 2.05) is 0 Å². The van der Waals surface area contributed by atoms with Crippen LogP contribution in [0.5, 0.6) is 0 Å². The van der Waals surface area contributed by atoms with Crippen LogP contribution in [0, 0.1) is 0 Å². The predicted octanol–water partition coefficient (Wildman–Crippen LogP) is -1.42. The van der Waals surface area contributed by atoms with Gasteiger partial charge in [0.05, 0.1) is 30.4 Å². The largest absolute Gasteiger partial charge is 0.480 e. The van der Waals surface area contributed by atoms with Crippen molar-refractivity contribution in [2.24, 2.45) is 0 Å². The Hall–Kier alpha value is -3.92. The molecule has 3 aromatic rings. The van der Waals surface area contributed by atoms with E-state index in [4.69, 9.17) is 9.84 Å². The number of aliphatic hydroxyl groups is 3. The van der Waals surface area contributed by atoms with Crippen LogP contribution >= 0.6 is 0 Å². The molecule has 0 unspecified atom stereocenters. The first-order chi connectivity index (χ1) is 18.3. The normalized spacial score (nSPS) is 22.6. The van der Waals surface area contributed by atoms with E-state index in [0.717, 1.165) is 0 Å². The summed E-state index contributed by atoms with van der Waals surface area (Å²) >= 11 is 0. The number of hydrogen-bond donors (Lipinski definition) is 6. The minimum absolute atomic E-state index is 0.283. The molecule has 1 fully saturated rings. The number of carboxylic acid groups (broad SMARTS) is 1. The van der Waals surface area contributed by atoms with E-state index in [2.05, 4.69) is 25.6 Å². The van der Waals surface area contributed by atoms with Gasteiger partial charge in [0, 0.05) is 19.7 Å². The van der Waals surface area contributed by atoms with Crippen molar-refractivity contribution in [2.45, 2.75) is 56.8 Å². The molecule has 3 aromatic heterocycles. The molecule has 5 atom stereocenters. The molecule has 1 amide bonds. The van der Waals surface area contributed by atoms with E-state index in [1.54, 1.807) is 4.40 Å². The number of amides is 1. The van der Waals surface area contributed by atoms with Gasteiger partial charge in [-0.3, -0.25) is 18.6 Å². The van der Waals surface area contributed by atoms with Gasteiger partial charge in [0.1, 0.15) is 30.7 Å². The van der Waals surface area contributed by atoms with Crippen molar-refractivity contribution < 1.29 is 39.5 Å². The summed E-state index contributed by atoms with van der Waals surface area (Å²) in [6.45, 7) is 1.28. The number of rotatable bonds is 12. The number of aldehydes is 1. The molecule has 0 aliphatic carbocycles. The second-order valence-electron chi connectivity index (χ2n) is 8.89. The van der Waals surface area contributed by atoms with Crippen LogP contribution in [0.25, 0.3) is 22.4 Å². The summed E-state index contributed by atoms with van der Waals surface area (Å²) in [5.74, 6) is -1.49. The van der Waals surface area contributed by atoms with Crippen LogP contribution in [0.1, 0.15) is 38.1 Å². The number of hydrogen-bond acceptors (Lipinski definition) is 11. The first kappa shape index (κ1) is 27.1. The maximum atomic E-state index is 11.8. The van der Waals surface area contributed by atoms with Crippen LogP contribution in [0.2, 0.25) is 0 Å². The number of imidazole rings is 2. The number of nitrogens with zero attached hydrogens (tertiary/aromatic N) is 5. The lowest BCUT2D eigenvalue weighted by molar-refractivity contribution is -0.141. The molecule has 15 nitrogen and oxygen atoms in total. The van der Waals surface area contributed by atoms with Crippen LogP contribution in [0.3, 0.4) is 0 Å². The molecule has 4 rings (SSSR count). The topological polar surface area (TPSA) is 213 Å². The van der Waals surface area contributed by atoms with Crippen LogP contribution in [0.15, 0.2) is 25.1 Å². The first-order valence-corrected chi connectivity index (χ1v) is 12.0. The fourth-order valence-corrected chi connectivity index (χ4v) is 4.34. The maximum absolute atomic E-state index is 11.8. The molecule has 0 radical (unpaired) electrons. The Kier molecular flexibility index (Phi) is 8.31. The van der Waals surface area contributed by atoms with Crippen molar-refractivity contribution in [3.63, 3.8) is 0 Å². The average Bonchev–Trinajstić information content (AvgIpc) is 3.58. The first-order valence-electron chi connectivity index (χ1n) is 12.0. The number of carbonyl (C=O) groups is 3. The van der Waals surface area contributed by atoms with Crippen molar-refractivity contribution in [3.05, 3.63) is 30.7 Å². The van der Waals surface area contributed by atoms with Gasteiger partial charge in [0.25, 0.3) is 0 Å². The highest BCUT2D eigenvalue weighted by Gasteiger charge is 2.44. The second-order valence-corrected chi connectivity index (χ2v) is 8.89. The summed E-state index contributed by atoms with van der Waals surface area (Å²) in [5.41, 5.74) is 1.86. The minimum Gasteiger partial charge on any atom is -0.480 e. The van der Waals surface area contributed by atoms with Gasteiger partial charge in [-0.25, -0.2) is 19.7 Å². The van der Waals surface area contributed by atoms with Crippen molar-refractivity contribution in [1.29, 1.82) is 0 Å². The Morgan fingerprint density at radius 1 is 1.16 bits per heavy atom. The van der Waals surface area contributed by atoms with Gasteiger partial charge in [-0.05, 0) is 19.3 Å². The smallest absolute Gasteiger partial charge is 0.326 e. The summed E-state index contributed by atoms with van der Waals surface area (Å²) < 4.78 is 8.61. The zero-order valence-corrected chi connectivity index (χ0v) is 20.5. The number of aromatic nitrogens is 5. The van der Waals surface area contributed by atoms with Gasteiger partial charge in [0.2, 0.25) is 5.91 Å². The number of nitrogens with one attached hydrogen (secondary N) is 2. The summed E-state index contributed by atoms with van der Waals surface area (Å²) in [6.07, 6.45) is 3.45. The lowest BCUT2D eigenvalue weighted by Crippen LogP contribution is -2.39. The van der Waals surface area contributed by atoms with E-state index >= 15 is 0 Å². The highest BCUT2D eigenvalue weighted by Crippen LogP contribution is 2.32. The van der Waals surface area contributed by atoms with Crippen molar-refractivity contribution in [1.82, 2.24) is 34.6 Å². The molecule has 204 valence electrons. The summed E-state index contributed by atoms with van der Waals surface area (Å²) in [5, 5.41) is 44.4. The molecule has 4 heterocycles. The molecule has 0 spiro atoms. The van der Waals surface area contributed by atoms with Crippen molar-refractivity contribution in [3.8, 4) is 0 Å². The standard InChI is InChI=1S/C23H29N7O8/c1-12(33)28-14(23(36)37)4-2-3-5-24-6-13(8-31)15-7-25-20-17-21(27-11-29(15)20)30(10-26-17)22-19(35)18(34)16(9-32)38-22/h6-8,10-11,14,16,18-19,22,24,32,34-35H,2-5,9H2,1H3,(H,28,33)(H,36,37)/b13-6+/t14-,16+,18+,19+,22+/m0/s1. The quantitative estimate of drug-likeness (QED) is 0.0902. The van der Waals surface area contributed by atoms with E-state index in [-0.39, 0.29) is 6.42 Å². The molecular weight excluding hydrogens is 502 g/mol. The van der Waals surface area contributed by atoms with Gasteiger partial charge in [-0.2, -0.15) is 0 Å². The number of allylic oxidation sites excluding steroid dienone is 1. The van der Waals surface area contributed by atoms with Gasteiger partial charge in [-0.1, -0.05) is 0 Å². The number of aliphatic carboxylic acids is 1. The zero-order chi connectivity index (χ0) is 27.4.